The maximum Gasteiger partial charge on any atom is 0.251 e. The molecule has 1 aliphatic rings. The molecule has 1 aliphatic heterocycles. The van der Waals surface area contributed by atoms with Gasteiger partial charge in [0.1, 0.15) is 0 Å². The zero-order valence-electron chi connectivity index (χ0n) is 13.4. The molecule has 124 valence electrons. The summed E-state index contributed by atoms with van der Waals surface area (Å²) in [5.41, 5.74) is 1.54. The molecule has 0 radical (unpaired) electrons. The molecular weight excluding hydrogens is 294 g/mol. The van der Waals surface area contributed by atoms with Gasteiger partial charge in [-0.25, -0.2) is 0 Å². The molecule has 3 amide bonds. The summed E-state index contributed by atoms with van der Waals surface area (Å²) in [7, 11) is 0. The van der Waals surface area contributed by atoms with Crippen LogP contribution >= 0.6 is 0 Å². The summed E-state index contributed by atoms with van der Waals surface area (Å²) >= 11 is 0. The third-order valence-corrected chi connectivity index (χ3v) is 3.78. The van der Waals surface area contributed by atoms with Crippen LogP contribution in [0.5, 0.6) is 0 Å². The van der Waals surface area contributed by atoms with E-state index in [1.54, 1.807) is 12.1 Å². The van der Waals surface area contributed by atoms with Crippen molar-refractivity contribution in [2.75, 3.05) is 19.6 Å². The van der Waals surface area contributed by atoms with Gasteiger partial charge in [0, 0.05) is 25.1 Å². The Morgan fingerprint density at radius 1 is 1.17 bits per heavy atom. The summed E-state index contributed by atoms with van der Waals surface area (Å²) < 4.78 is 0. The lowest BCUT2D eigenvalue weighted by molar-refractivity contribution is -0.125. The number of amides is 3. The highest BCUT2D eigenvalue weighted by molar-refractivity contribution is 6.03. The fraction of sp³-hybridized carbons (Fsp3) is 0.471. The second kappa shape index (κ2) is 8.43. The Kier molecular flexibility index (Phi) is 6.29. The Labute approximate surface area is 136 Å². The van der Waals surface area contributed by atoms with Crippen LogP contribution in [0.3, 0.4) is 0 Å². The van der Waals surface area contributed by atoms with Gasteiger partial charge in [-0.3, -0.25) is 19.7 Å². The lowest BCUT2D eigenvalue weighted by Crippen LogP contribution is -2.32. The summed E-state index contributed by atoms with van der Waals surface area (Å²) in [6.45, 7) is 4.38. The largest absolute Gasteiger partial charge is 0.351 e. The standard InChI is InChI=1S/C17H23N3O3/c1-2-7-18-8-9-19-16(22)13-5-3-12(4-6-13)10-14-11-15(21)20-17(14)23/h3-6,14,18H,2,7-11H2,1H3,(H,19,22)(H,20,21,23). The molecule has 6 nitrogen and oxygen atoms in total. The fourth-order valence-electron chi connectivity index (χ4n) is 2.52. The quantitative estimate of drug-likeness (QED) is 0.484. The monoisotopic (exact) mass is 317 g/mol. The van der Waals surface area contributed by atoms with Gasteiger partial charge in [-0.05, 0) is 37.1 Å². The minimum Gasteiger partial charge on any atom is -0.351 e. The molecule has 0 aromatic heterocycles. The van der Waals surface area contributed by atoms with E-state index in [-0.39, 0.29) is 30.1 Å². The van der Waals surface area contributed by atoms with Gasteiger partial charge in [-0.15, -0.1) is 0 Å². The summed E-state index contributed by atoms with van der Waals surface area (Å²) in [5, 5.41) is 8.38. The SMILES string of the molecule is CCCNCCNC(=O)c1ccc(CC2CC(=O)NC2=O)cc1. The molecule has 0 spiro atoms. The Morgan fingerprint density at radius 2 is 1.91 bits per heavy atom. The highest BCUT2D eigenvalue weighted by Gasteiger charge is 2.30. The van der Waals surface area contributed by atoms with Crippen LogP contribution in [-0.2, 0) is 16.0 Å². The number of hydrogen-bond donors (Lipinski definition) is 3. The molecule has 3 N–H and O–H groups in total. The molecule has 23 heavy (non-hydrogen) atoms. The topological polar surface area (TPSA) is 87.3 Å². The number of carbonyl (C=O) groups is 3. The van der Waals surface area contributed by atoms with Gasteiger partial charge >= 0.3 is 0 Å². The number of imide groups is 1. The fourth-order valence-corrected chi connectivity index (χ4v) is 2.52. The summed E-state index contributed by atoms with van der Waals surface area (Å²) in [6, 6.07) is 7.16. The van der Waals surface area contributed by atoms with Gasteiger partial charge in [-0.1, -0.05) is 19.1 Å². The highest BCUT2D eigenvalue weighted by Crippen LogP contribution is 2.17. The minimum absolute atomic E-state index is 0.108. The van der Waals surface area contributed by atoms with E-state index in [1.807, 2.05) is 12.1 Å². The summed E-state index contributed by atoms with van der Waals surface area (Å²) in [5.74, 6) is -0.834. The second-order valence-electron chi connectivity index (χ2n) is 5.72. The van der Waals surface area contributed by atoms with Crippen LogP contribution in [0, 0.1) is 5.92 Å². The van der Waals surface area contributed by atoms with Crippen molar-refractivity contribution < 1.29 is 14.4 Å². The molecule has 1 heterocycles. The van der Waals surface area contributed by atoms with Gasteiger partial charge in [0.25, 0.3) is 5.91 Å². The number of benzene rings is 1. The van der Waals surface area contributed by atoms with Gasteiger partial charge in [0.15, 0.2) is 0 Å². The highest BCUT2D eigenvalue weighted by atomic mass is 16.2. The molecule has 1 fully saturated rings. The molecule has 1 saturated heterocycles. The zero-order valence-corrected chi connectivity index (χ0v) is 13.4. The minimum atomic E-state index is -0.299. The first-order valence-electron chi connectivity index (χ1n) is 8.01. The van der Waals surface area contributed by atoms with E-state index in [1.165, 1.54) is 0 Å². The van der Waals surface area contributed by atoms with Crippen LogP contribution in [-0.4, -0.2) is 37.4 Å². The van der Waals surface area contributed by atoms with Crippen molar-refractivity contribution in [2.24, 2.45) is 5.92 Å². The van der Waals surface area contributed by atoms with E-state index < -0.39 is 0 Å². The Hall–Kier alpha value is -2.21. The van der Waals surface area contributed by atoms with Gasteiger partial charge in [-0.2, -0.15) is 0 Å². The molecule has 0 aliphatic carbocycles. The van der Waals surface area contributed by atoms with E-state index in [9.17, 15) is 14.4 Å². The van der Waals surface area contributed by atoms with Gasteiger partial charge < -0.3 is 10.6 Å². The lowest BCUT2D eigenvalue weighted by atomic mass is 9.97. The molecule has 1 aromatic carbocycles. The Bertz CT molecular complexity index is 569. The lowest BCUT2D eigenvalue weighted by Gasteiger charge is -2.08. The van der Waals surface area contributed by atoms with E-state index in [2.05, 4.69) is 22.9 Å². The molecule has 2 rings (SSSR count). The molecule has 1 unspecified atom stereocenters. The number of carbonyl (C=O) groups excluding carboxylic acids is 3. The smallest absolute Gasteiger partial charge is 0.251 e. The van der Waals surface area contributed by atoms with E-state index in [4.69, 9.17) is 0 Å². The second-order valence-corrected chi connectivity index (χ2v) is 5.72. The number of hydrogen-bond acceptors (Lipinski definition) is 4. The van der Waals surface area contributed by atoms with Crippen LogP contribution in [0.4, 0.5) is 0 Å². The molecule has 1 atom stereocenters. The van der Waals surface area contributed by atoms with E-state index in [0.29, 0.717) is 18.5 Å². The van der Waals surface area contributed by atoms with Crippen LogP contribution in [0.25, 0.3) is 0 Å². The average Bonchev–Trinajstić information content (AvgIpc) is 2.85. The normalized spacial score (nSPS) is 17.2. The van der Waals surface area contributed by atoms with Gasteiger partial charge in [0.2, 0.25) is 11.8 Å². The predicted molar refractivity (Wildman–Crippen MR) is 86.9 cm³/mol. The van der Waals surface area contributed by atoms with Crippen molar-refractivity contribution in [1.29, 1.82) is 0 Å². The van der Waals surface area contributed by atoms with Crippen molar-refractivity contribution >= 4 is 17.7 Å². The van der Waals surface area contributed by atoms with Crippen molar-refractivity contribution in [3.8, 4) is 0 Å². The third kappa shape index (κ3) is 5.17. The number of rotatable bonds is 8. The predicted octanol–water partition coefficient (Wildman–Crippen LogP) is 0.621. The molecule has 1 aromatic rings. The first kappa shape index (κ1) is 17.1. The van der Waals surface area contributed by atoms with Crippen LogP contribution in [0.15, 0.2) is 24.3 Å². The van der Waals surface area contributed by atoms with Crippen molar-refractivity contribution in [2.45, 2.75) is 26.2 Å². The van der Waals surface area contributed by atoms with Crippen molar-refractivity contribution in [1.82, 2.24) is 16.0 Å². The Balaban J connectivity index is 1.80. The molecule has 6 heteroatoms. The first-order chi connectivity index (χ1) is 11.1. The van der Waals surface area contributed by atoms with Crippen LogP contribution < -0.4 is 16.0 Å². The van der Waals surface area contributed by atoms with E-state index >= 15 is 0 Å². The van der Waals surface area contributed by atoms with Crippen molar-refractivity contribution in [3.63, 3.8) is 0 Å². The number of nitrogens with one attached hydrogen (secondary N) is 3. The summed E-state index contributed by atoms with van der Waals surface area (Å²) in [6.07, 6.45) is 1.83. The summed E-state index contributed by atoms with van der Waals surface area (Å²) in [4.78, 5) is 34.7. The van der Waals surface area contributed by atoms with Crippen molar-refractivity contribution in [3.05, 3.63) is 35.4 Å². The third-order valence-electron chi connectivity index (χ3n) is 3.78. The van der Waals surface area contributed by atoms with Crippen LogP contribution in [0.1, 0.15) is 35.7 Å². The van der Waals surface area contributed by atoms with Crippen LogP contribution in [0.2, 0.25) is 0 Å². The maximum atomic E-state index is 12.0. The first-order valence-corrected chi connectivity index (χ1v) is 8.01. The molecule has 0 saturated carbocycles. The average molecular weight is 317 g/mol. The maximum absolute atomic E-state index is 12.0. The van der Waals surface area contributed by atoms with Gasteiger partial charge in [0.05, 0.1) is 5.92 Å². The molecular formula is C17H23N3O3. The van der Waals surface area contributed by atoms with E-state index in [0.717, 1.165) is 25.1 Å². The molecule has 0 bridgehead atoms. The Morgan fingerprint density at radius 3 is 2.52 bits per heavy atom. The zero-order chi connectivity index (χ0) is 16.7.